The summed E-state index contributed by atoms with van der Waals surface area (Å²) in [5, 5.41) is 9.06. The number of fused-ring (bicyclic) bond motifs is 1. The van der Waals surface area contributed by atoms with E-state index >= 15 is 0 Å². The first-order valence-electron chi connectivity index (χ1n) is 10.7. The molecule has 0 bridgehead atoms. The third kappa shape index (κ3) is 5.87. The Labute approximate surface area is 200 Å². The fraction of sp³-hybridized carbons (Fsp3) is 0.333. The van der Waals surface area contributed by atoms with Crippen molar-refractivity contribution >= 4 is 22.8 Å². The van der Waals surface area contributed by atoms with Crippen molar-refractivity contribution in [3.8, 4) is 28.6 Å². The van der Waals surface area contributed by atoms with Crippen LogP contribution in [-0.4, -0.2) is 60.5 Å². The molecule has 0 aliphatic rings. The van der Waals surface area contributed by atoms with Crippen LogP contribution in [0.15, 0.2) is 29.1 Å². The Balaban J connectivity index is 1.78. The molecule has 0 spiro atoms. The molecule has 1 aromatic heterocycles. The number of carbonyl (C=O) groups excluding carboxylic acids is 1. The molecule has 11 heteroatoms. The van der Waals surface area contributed by atoms with E-state index in [1.54, 1.807) is 12.1 Å². The van der Waals surface area contributed by atoms with Crippen LogP contribution in [-0.2, 0) is 14.3 Å². The summed E-state index contributed by atoms with van der Waals surface area (Å²) in [5.74, 6) is -0.142. The number of aryl methyl sites for hydroxylation is 2. The monoisotopic (exact) mass is 485 g/mol. The van der Waals surface area contributed by atoms with Gasteiger partial charge >= 0.3 is 11.9 Å². The van der Waals surface area contributed by atoms with Crippen molar-refractivity contribution in [2.24, 2.45) is 5.73 Å². The molecule has 3 aromatic rings. The highest BCUT2D eigenvalue weighted by Crippen LogP contribution is 2.31. The number of nitrogens with two attached hydrogens (primary N) is 1. The molecular weight excluding hydrogens is 458 g/mol. The zero-order chi connectivity index (χ0) is 25.7. The molecule has 0 saturated heterocycles. The topological polar surface area (TPSA) is 163 Å². The Morgan fingerprint density at radius 2 is 1.77 bits per heavy atom. The Bertz CT molecular complexity index is 1300. The third-order valence-corrected chi connectivity index (χ3v) is 5.23. The van der Waals surface area contributed by atoms with Gasteiger partial charge in [0.05, 0.1) is 26.2 Å². The Kier molecular flexibility index (Phi) is 7.92. The number of nitrogens with zero attached hydrogens (tertiary/aromatic N) is 1. The molecule has 186 valence electrons. The van der Waals surface area contributed by atoms with Crippen molar-refractivity contribution < 1.29 is 33.6 Å². The van der Waals surface area contributed by atoms with E-state index in [1.807, 2.05) is 26.0 Å². The van der Waals surface area contributed by atoms with Gasteiger partial charge in [0, 0.05) is 17.7 Å². The number of rotatable bonds is 10. The summed E-state index contributed by atoms with van der Waals surface area (Å²) >= 11 is 0. The summed E-state index contributed by atoms with van der Waals surface area (Å²) < 4.78 is 21.3. The van der Waals surface area contributed by atoms with Crippen LogP contribution >= 0.6 is 0 Å². The molecule has 0 saturated carbocycles. The van der Waals surface area contributed by atoms with Crippen LogP contribution in [0, 0.1) is 13.8 Å². The first kappa shape index (κ1) is 25.5. The van der Waals surface area contributed by atoms with Gasteiger partial charge in [0.15, 0.2) is 0 Å². The van der Waals surface area contributed by atoms with E-state index in [0.717, 1.165) is 11.1 Å². The lowest BCUT2D eigenvalue weighted by Crippen LogP contribution is -2.33. The average Bonchev–Trinajstić information content (AvgIpc) is 2.81. The number of methoxy groups -OCH3 is 2. The quantitative estimate of drug-likeness (QED) is 0.286. The van der Waals surface area contributed by atoms with Crippen molar-refractivity contribution in [1.29, 1.82) is 0 Å². The van der Waals surface area contributed by atoms with Gasteiger partial charge in [0.25, 0.3) is 5.56 Å². The molecule has 1 heterocycles. The smallest absolute Gasteiger partial charge is 0.321 e. The lowest BCUT2D eigenvalue weighted by Gasteiger charge is -2.15. The lowest BCUT2D eigenvalue weighted by molar-refractivity contribution is -0.149. The molecule has 0 aliphatic carbocycles. The van der Waals surface area contributed by atoms with Gasteiger partial charge in [-0.15, -0.1) is 0 Å². The Morgan fingerprint density at radius 1 is 1.09 bits per heavy atom. The van der Waals surface area contributed by atoms with Crippen molar-refractivity contribution in [2.75, 3.05) is 27.4 Å². The van der Waals surface area contributed by atoms with Gasteiger partial charge < -0.3 is 34.8 Å². The maximum absolute atomic E-state index is 12.8. The number of carboxylic acids is 1. The number of aliphatic carboxylic acids is 1. The summed E-state index contributed by atoms with van der Waals surface area (Å²) in [6.45, 7) is 3.69. The molecule has 2 aromatic carbocycles. The molecule has 4 N–H and O–H groups in total. The van der Waals surface area contributed by atoms with Crippen LogP contribution in [0.5, 0.6) is 17.2 Å². The van der Waals surface area contributed by atoms with Crippen LogP contribution in [0.25, 0.3) is 22.3 Å². The van der Waals surface area contributed by atoms with Crippen LogP contribution < -0.4 is 25.5 Å². The van der Waals surface area contributed by atoms with E-state index in [2.05, 4.69) is 9.97 Å². The van der Waals surface area contributed by atoms with E-state index < -0.39 is 24.4 Å². The molecule has 0 aliphatic heterocycles. The Morgan fingerprint density at radius 3 is 2.37 bits per heavy atom. The summed E-state index contributed by atoms with van der Waals surface area (Å²) in [4.78, 5) is 42.5. The normalized spacial score (nSPS) is 11.7. The highest BCUT2D eigenvalue weighted by Gasteiger charge is 2.18. The fourth-order valence-electron chi connectivity index (χ4n) is 3.57. The van der Waals surface area contributed by atoms with Gasteiger partial charge in [-0.3, -0.25) is 14.4 Å². The van der Waals surface area contributed by atoms with Crippen molar-refractivity contribution in [1.82, 2.24) is 9.97 Å². The zero-order valence-corrected chi connectivity index (χ0v) is 19.8. The number of hydrogen-bond donors (Lipinski definition) is 3. The number of esters is 1. The largest absolute Gasteiger partial charge is 0.497 e. The minimum atomic E-state index is -1.31. The molecule has 0 unspecified atom stereocenters. The maximum Gasteiger partial charge on any atom is 0.321 e. The third-order valence-electron chi connectivity index (χ3n) is 5.23. The van der Waals surface area contributed by atoms with Crippen molar-refractivity contribution in [3.63, 3.8) is 0 Å². The maximum atomic E-state index is 12.8. The van der Waals surface area contributed by atoms with Crippen molar-refractivity contribution in [3.05, 3.63) is 45.7 Å². The van der Waals surface area contributed by atoms with Crippen LogP contribution in [0.4, 0.5) is 0 Å². The van der Waals surface area contributed by atoms with E-state index in [4.69, 9.17) is 29.8 Å². The molecule has 0 amide bonds. The number of benzene rings is 2. The number of hydrogen-bond acceptors (Lipinski definition) is 9. The van der Waals surface area contributed by atoms with Gasteiger partial charge in [-0.1, -0.05) is 0 Å². The minimum absolute atomic E-state index is 0.0605. The van der Waals surface area contributed by atoms with Crippen molar-refractivity contribution in [2.45, 2.75) is 26.3 Å². The number of H-pyrrole nitrogens is 1. The number of nitrogens with one attached hydrogen (secondary N) is 1. The number of aromatic amines is 1. The first-order valence-corrected chi connectivity index (χ1v) is 10.7. The summed E-state index contributed by atoms with van der Waals surface area (Å²) in [6, 6.07) is 5.62. The highest BCUT2D eigenvalue weighted by molar-refractivity contribution is 5.87. The van der Waals surface area contributed by atoms with E-state index in [9.17, 15) is 14.4 Å². The second-order valence-electron chi connectivity index (χ2n) is 7.80. The fourth-order valence-corrected chi connectivity index (χ4v) is 3.57. The Hall–Kier alpha value is -4.12. The van der Waals surface area contributed by atoms with Gasteiger partial charge in [-0.05, 0) is 37.1 Å². The van der Waals surface area contributed by atoms with E-state index in [1.165, 1.54) is 14.2 Å². The second kappa shape index (κ2) is 10.9. The first-order chi connectivity index (χ1) is 16.6. The standard InChI is InChI=1S/C24H27N3O8/c1-12-7-14(8-13(2)21(12)35-6-5-34-19(28)11-16(25)24(30)31)22-26-17-9-15(32-3)10-18(33-4)20(17)23(29)27-22/h7-10,16H,5-6,11,25H2,1-4H3,(H,30,31)(H,26,27,29)/t16-/m0/s1. The molecular formula is C24H27N3O8. The van der Waals surface area contributed by atoms with Crippen LogP contribution in [0.3, 0.4) is 0 Å². The molecule has 0 radical (unpaired) electrons. The summed E-state index contributed by atoms with van der Waals surface area (Å²) in [6.07, 6.45) is -0.420. The van der Waals surface area contributed by atoms with Gasteiger partial charge in [-0.25, -0.2) is 4.98 Å². The summed E-state index contributed by atoms with van der Waals surface area (Å²) in [7, 11) is 2.99. The van der Waals surface area contributed by atoms with Gasteiger partial charge in [0.1, 0.15) is 47.7 Å². The molecule has 1 atom stereocenters. The predicted octanol–water partition coefficient (Wildman–Crippen LogP) is 1.95. The summed E-state index contributed by atoms with van der Waals surface area (Å²) in [5.41, 5.74) is 7.65. The SMILES string of the molecule is COc1cc(OC)c2c(=O)[nH]c(-c3cc(C)c(OCCOC(=O)C[C@H](N)C(=O)O)c(C)c3)nc2c1. The highest BCUT2D eigenvalue weighted by atomic mass is 16.6. The minimum Gasteiger partial charge on any atom is -0.497 e. The predicted molar refractivity (Wildman–Crippen MR) is 127 cm³/mol. The average molecular weight is 485 g/mol. The molecule has 0 fully saturated rings. The van der Waals surface area contributed by atoms with Crippen LogP contribution in [0.1, 0.15) is 17.5 Å². The molecule has 35 heavy (non-hydrogen) atoms. The van der Waals surface area contributed by atoms with E-state index in [0.29, 0.717) is 39.5 Å². The molecule has 11 nitrogen and oxygen atoms in total. The molecule has 3 rings (SSSR count). The van der Waals surface area contributed by atoms with Gasteiger partial charge in [0.2, 0.25) is 0 Å². The number of ether oxygens (including phenoxy) is 4. The number of carbonyl (C=O) groups is 2. The number of aromatic nitrogens is 2. The van der Waals surface area contributed by atoms with E-state index in [-0.39, 0.29) is 18.8 Å². The van der Waals surface area contributed by atoms with Gasteiger partial charge in [-0.2, -0.15) is 0 Å². The lowest BCUT2D eigenvalue weighted by atomic mass is 10.0. The zero-order valence-electron chi connectivity index (χ0n) is 19.8. The van der Waals surface area contributed by atoms with Crippen LogP contribution in [0.2, 0.25) is 0 Å². The number of carboxylic acid groups (broad SMARTS) is 1. The second-order valence-corrected chi connectivity index (χ2v) is 7.80.